The smallest absolute Gasteiger partial charge is 0.251 e. The van der Waals surface area contributed by atoms with Crippen LogP contribution in [0.1, 0.15) is 42.6 Å². The van der Waals surface area contributed by atoms with Crippen LogP contribution in [0.3, 0.4) is 0 Å². The molecule has 1 heterocycles. The summed E-state index contributed by atoms with van der Waals surface area (Å²) in [4.78, 5) is 40.9. The first-order chi connectivity index (χ1) is 16.2. The molecule has 34 heavy (non-hydrogen) atoms. The maximum absolute atomic E-state index is 13.5. The number of rotatable bonds is 10. The third-order valence-electron chi connectivity index (χ3n) is 6.24. The Bertz CT molecular complexity index is 976. The van der Waals surface area contributed by atoms with Crippen molar-refractivity contribution in [2.75, 3.05) is 27.2 Å². The van der Waals surface area contributed by atoms with E-state index in [0.29, 0.717) is 18.4 Å². The van der Waals surface area contributed by atoms with Gasteiger partial charge in [-0.15, -0.1) is 0 Å². The Hall–Kier alpha value is -3.03. The van der Waals surface area contributed by atoms with Gasteiger partial charge in [-0.1, -0.05) is 62.4 Å². The van der Waals surface area contributed by atoms with E-state index in [1.807, 2.05) is 69.2 Å². The quantitative estimate of drug-likeness (QED) is 0.563. The van der Waals surface area contributed by atoms with Crippen LogP contribution >= 0.6 is 0 Å². The van der Waals surface area contributed by atoms with Gasteiger partial charge in [-0.3, -0.25) is 14.4 Å². The topological polar surface area (TPSA) is 87.7 Å². The monoisotopic (exact) mass is 465 g/mol. The summed E-state index contributed by atoms with van der Waals surface area (Å²) in [6, 6.07) is 17.1. The molecule has 182 valence electrons. The molecular weight excluding hydrogens is 430 g/mol. The zero-order valence-electron chi connectivity index (χ0n) is 20.4. The van der Waals surface area contributed by atoms with Gasteiger partial charge >= 0.3 is 0 Å². The molecule has 2 unspecified atom stereocenters. The van der Waals surface area contributed by atoms with Crippen LogP contribution in [-0.2, 0) is 19.7 Å². The molecule has 2 N–H and O–H groups in total. The number of benzene rings is 2. The maximum Gasteiger partial charge on any atom is 0.251 e. The molecule has 2 amide bonds. The molecule has 0 saturated carbocycles. The van der Waals surface area contributed by atoms with Crippen molar-refractivity contribution in [3.63, 3.8) is 0 Å². The lowest BCUT2D eigenvalue weighted by molar-refractivity contribution is -0.128. The van der Waals surface area contributed by atoms with Crippen molar-refractivity contribution >= 4 is 17.6 Å². The van der Waals surface area contributed by atoms with Crippen molar-refractivity contribution in [3.05, 3.63) is 71.8 Å². The van der Waals surface area contributed by atoms with Crippen LogP contribution in [0.5, 0.6) is 0 Å². The average Bonchev–Trinajstić information content (AvgIpc) is 3.17. The molecule has 1 saturated heterocycles. The van der Waals surface area contributed by atoms with E-state index in [0.717, 1.165) is 12.1 Å². The second-order valence-corrected chi connectivity index (χ2v) is 9.74. The zero-order chi connectivity index (χ0) is 24.7. The Morgan fingerprint density at radius 2 is 1.68 bits per heavy atom. The molecule has 0 aliphatic carbocycles. The van der Waals surface area contributed by atoms with Crippen molar-refractivity contribution in [2.24, 2.45) is 0 Å². The third-order valence-corrected chi connectivity index (χ3v) is 6.24. The molecule has 3 rings (SSSR count). The zero-order valence-corrected chi connectivity index (χ0v) is 20.4. The van der Waals surface area contributed by atoms with E-state index in [9.17, 15) is 14.4 Å². The van der Waals surface area contributed by atoms with Gasteiger partial charge < -0.3 is 20.3 Å². The molecule has 0 aromatic heterocycles. The number of ether oxygens (including phenoxy) is 1. The fraction of sp³-hybridized carbons (Fsp3) is 0.444. The highest BCUT2D eigenvalue weighted by atomic mass is 16.5. The number of Topliss-reactive ketones (excluding diaryl/α,β-unsaturated/α-hetero) is 1. The lowest BCUT2D eigenvalue weighted by Gasteiger charge is -2.31. The second-order valence-electron chi connectivity index (χ2n) is 9.74. The second kappa shape index (κ2) is 11.4. The van der Waals surface area contributed by atoms with Gasteiger partial charge in [0.05, 0.1) is 6.10 Å². The number of nitrogens with one attached hydrogen (secondary N) is 2. The summed E-state index contributed by atoms with van der Waals surface area (Å²) in [6.07, 6.45) is 0.609. The van der Waals surface area contributed by atoms with Crippen LogP contribution in [0.4, 0.5) is 0 Å². The highest BCUT2D eigenvalue weighted by Gasteiger charge is 2.39. The average molecular weight is 466 g/mol. The predicted octanol–water partition coefficient (Wildman–Crippen LogP) is 2.56. The van der Waals surface area contributed by atoms with Gasteiger partial charge in [-0.05, 0) is 50.0 Å². The largest absolute Gasteiger partial charge is 0.368 e. The molecule has 1 aliphatic heterocycles. The minimum Gasteiger partial charge on any atom is -0.368 e. The molecule has 1 fully saturated rings. The van der Waals surface area contributed by atoms with Gasteiger partial charge in [-0.25, -0.2) is 0 Å². The summed E-state index contributed by atoms with van der Waals surface area (Å²) in [5.41, 5.74) is 1.14. The highest BCUT2D eigenvalue weighted by molar-refractivity contribution is 5.99. The van der Waals surface area contributed by atoms with Crippen molar-refractivity contribution in [2.45, 2.75) is 50.3 Å². The van der Waals surface area contributed by atoms with Gasteiger partial charge in [0.25, 0.3) is 5.91 Å². The van der Waals surface area contributed by atoms with E-state index in [-0.39, 0.29) is 30.3 Å². The summed E-state index contributed by atoms with van der Waals surface area (Å²) >= 11 is 0. The first kappa shape index (κ1) is 25.6. The van der Waals surface area contributed by atoms with E-state index in [1.165, 1.54) is 0 Å². The van der Waals surface area contributed by atoms with Crippen LogP contribution in [0.25, 0.3) is 0 Å². The van der Waals surface area contributed by atoms with Crippen molar-refractivity contribution in [1.29, 1.82) is 0 Å². The normalized spacial score (nSPS) is 19.1. The number of ketones is 1. The molecule has 1 aliphatic rings. The molecular formula is C27H35N3O4. The van der Waals surface area contributed by atoms with Crippen LogP contribution in [-0.4, -0.2) is 67.9 Å². The van der Waals surface area contributed by atoms with Crippen molar-refractivity contribution < 1.29 is 19.1 Å². The molecule has 7 nitrogen and oxygen atoms in total. The number of hydrogen-bond donors (Lipinski definition) is 2. The minimum absolute atomic E-state index is 0.0143. The summed E-state index contributed by atoms with van der Waals surface area (Å²) < 4.78 is 5.65. The lowest BCUT2D eigenvalue weighted by Crippen LogP contribution is -2.54. The standard InChI is InChI=1S/C27H35N3O4/c1-27(2,20-13-9-6-10-14-20)17-21(28-25(32)19-11-7-5-8-12-19)26(33)29-24-22(31)18-34-23(24)15-16-30(3)4/h5-14,21,23-24H,15-18H2,1-4H3,(H,28,32)(H,29,33)/t21-,23?,24?/m0/s1. The van der Waals surface area contributed by atoms with Crippen LogP contribution < -0.4 is 10.6 Å². The molecule has 0 bridgehead atoms. The molecule has 3 atom stereocenters. The predicted molar refractivity (Wildman–Crippen MR) is 132 cm³/mol. The fourth-order valence-corrected chi connectivity index (χ4v) is 4.20. The Morgan fingerprint density at radius 3 is 2.29 bits per heavy atom. The number of amides is 2. The number of carbonyl (C=O) groups is 3. The summed E-state index contributed by atoms with van der Waals surface area (Å²) in [6.45, 7) is 4.81. The molecule has 0 spiro atoms. The van der Waals surface area contributed by atoms with E-state index in [1.54, 1.807) is 24.3 Å². The Kier molecular flexibility index (Phi) is 8.58. The van der Waals surface area contributed by atoms with Gasteiger partial charge in [-0.2, -0.15) is 0 Å². The molecule has 2 aromatic carbocycles. The van der Waals surface area contributed by atoms with Gasteiger partial charge in [0.1, 0.15) is 18.7 Å². The van der Waals surface area contributed by atoms with Crippen molar-refractivity contribution in [1.82, 2.24) is 15.5 Å². The first-order valence-corrected chi connectivity index (χ1v) is 11.7. The summed E-state index contributed by atoms with van der Waals surface area (Å²) in [5, 5.41) is 5.79. The van der Waals surface area contributed by atoms with E-state index >= 15 is 0 Å². The van der Waals surface area contributed by atoms with E-state index in [4.69, 9.17) is 4.74 Å². The third kappa shape index (κ3) is 6.74. The first-order valence-electron chi connectivity index (χ1n) is 11.7. The van der Waals surface area contributed by atoms with E-state index in [2.05, 4.69) is 10.6 Å². The highest BCUT2D eigenvalue weighted by Crippen LogP contribution is 2.28. The minimum atomic E-state index is -0.828. The Balaban J connectivity index is 1.79. The van der Waals surface area contributed by atoms with E-state index < -0.39 is 17.5 Å². The van der Waals surface area contributed by atoms with Crippen molar-refractivity contribution in [3.8, 4) is 0 Å². The summed E-state index contributed by atoms with van der Waals surface area (Å²) in [5.74, 6) is -0.859. The summed E-state index contributed by atoms with van der Waals surface area (Å²) in [7, 11) is 3.90. The molecule has 0 radical (unpaired) electrons. The van der Waals surface area contributed by atoms with Gasteiger partial charge in [0, 0.05) is 12.1 Å². The maximum atomic E-state index is 13.5. The van der Waals surface area contributed by atoms with Gasteiger partial charge in [0.2, 0.25) is 5.91 Å². The van der Waals surface area contributed by atoms with Gasteiger partial charge in [0.15, 0.2) is 5.78 Å². The number of carbonyl (C=O) groups excluding carboxylic acids is 3. The molecule has 7 heteroatoms. The van der Waals surface area contributed by atoms with Crippen LogP contribution in [0, 0.1) is 0 Å². The SMILES string of the molecule is CN(C)CCC1OCC(=O)C1NC(=O)[C@H](CC(C)(C)c1ccccc1)NC(=O)c1ccccc1. The van der Waals surface area contributed by atoms with Crippen LogP contribution in [0.2, 0.25) is 0 Å². The lowest BCUT2D eigenvalue weighted by atomic mass is 9.78. The van der Waals surface area contributed by atoms with Crippen LogP contribution in [0.15, 0.2) is 60.7 Å². The fourth-order valence-electron chi connectivity index (χ4n) is 4.20. The number of hydrogen-bond acceptors (Lipinski definition) is 5. The molecule has 2 aromatic rings. The Labute approximate surface area is 201 Å². The number of nitrogens with zero attached hydrogens (tertiary/aromatic N) is 1. The Morgan fingerprint density at radius 1 is 1.06 bits per heavy atom.